The van der Waals surface area contributed by atoms with Gasteiger partial charge in [-0.2, -0.15) is 5.10 Å². The van der Waals surface area contributed by atoms with E-state index in [0.29, 0.717) is 13.0 Å². The number of fused-ring (bicyclic) bond motifs is 1. The van der Waals surface area contributed by atoms with E-state index in [-0.39, 0.29) is 18.0 Å². The SMILES string of the molecule is CC(=O)N1c2ccc(-c3ccnn3C)cc2[C@H](Nc2ccc(C#CCCN)cc2)C[C@@H]1C. The number of amides is 1. The minimum Gasteiger partial charge on any atom is -0.378 e. The van der Waals surface area contributed by atoms with Crippen molar-refractivity contribution in [2.45, 2.75) is 38.8 Å². The molecule has 0 bridgehead atoms. The molecular formula is C26H29N5O. The molecule has 2 heterocycles. The van der Waals surface area contributed by atoms with Crippen molar-refractivity contribution >= 4 is 17.3 Å². The standard InChI is InChI=1S/C26H29N5O/c1-18-16-24(29-22-10-7-20(8-11-22)6-4-5-14-27)23-17-21(25-13-15-28-30(25)3)9-12-26(23)31(18)19(2)32/h7-13,15,17-18,24,29H,5,14,16,27H2,1-3H3/t18-,24+/m0/s1. The lowest BCUT2D eigenvalue weighted by Crippen LogP contribution is -2.43. The van der Waals surface area contributed by atoms with Gasteiger partial charge in [0.2, 0.25) is 5.91 Å². The van der Waals surface area contributed by atoms with Crippen molar-refractivity contribution in [2.75, 3.05) is 16.8 Å². The summed E-state index contributed by atoms with van der Waals surface area (Å²) in [5.41, 5.74) is 11.7. The molecule has 0 spiro atoms. The van der Waals surface area contributed by atoms with Gasteiger partial charge in [-0.25, -0.2) is 0 Å². The van der Waals surface area contributed by atoms with Gasteiger partial charge in [0.05, 0.1) is 11.7 Å². The molecule has 1 aliphatic rings. The van der Waals surface area contributed by atoms with E-state index in [9.17, 15) is 4.79 Å². The lowest BCUT2D eigenvalue weighted by molar-refractivity contribution is -0.117. The second-order valence-corrected chi connectivity index (χ2v) is 8.20. The molecule has 1 amide bonds. The van der Waals surface area contributed by atoms with Crippen LogP contribution in [0.4, 0.5) is 11.4 Å². The molecule has 2 aromatic carbocycles. The number of nitrogens with one attached hydrogen (secondary N) is 1. The lowest BCUT2D eigenvalue weighted by atomic mass is 9.89. The van der Waals surface area contributed by atoms with Gasteiger partial charge in [0, 0.05) is 61.7 Å². The molecule has 0 aliphatic carbocycles. The number of benzene rings is 2. The Balaban J connectivity index is 1.67. The average Bonchev–Trinajstić information content (AvgIpc) is 3.20. The topological polar surface area (TPSA) is 76.2 Å². The zero-order chi connectivity index (χ0) is 22.7. The summed E-state index contributed by atoms with van der Waals surface area (Å²) >= 11 is 0. The molecule has 3 N–H and O–H groups in total. The van der Waals surface area contributed by atoms with Crippen LogP contribution in [0.1, 0.15) is 43.9 Å². The number of nitrogens with two attached hydrogens (primary N) is 1. The van der Waals surface area contributed by atoms with Crippen LogP contribution in [0.15, 0.2) is 54.7 Å². The molecule has 1 aromatic heterocycles. The summed E-state index contributed by atoms with van der Waals surface area (Å²) in [7, 11) is 1.94. The normalized spacial score (nSPS) is 17.3. The van der Waals surface area contributed by atoms with Crippen LogP contribution >= 0.6 is 0 Å². The van der Waals surface area contributed by atoms with Gasteiger partial charge in [-0.15, -0.1) is 0 Å². The zero-order valence-corrected chi connectivity index (χ0v) is 18.8. The molecule has 0 fully saturated rings. The molecule has 4 rings (SSSR count). The van der Waals surface area contributed by atoms with Crippen LogP contribution in [-0.4, -0.2) is 28.3 Å². The van der Waals surface area contributed by atoms with Gasteiger partial charge in [0.1, 0.15) is 0 Å². The minimum atomic E-state index is 0.0610. The number of hydrogen-bond donors (Lipinski definition) is 2. The van der Waals surface area contributed by atoms with Crippen molar-refractivity contribution in [2.24, 2.45) is 12.8 Å². The molecule has 1 aliphatic heterocycles. The first kappa shape index (κ1) is 21.7. The lowest BCUT2D eigenvalue weighted by Gasteiger charge is -2.39. The maximum absolute atomic E-state index is 12.4. The molecule has 32 heavy (non-hydrogen) atoms. The fourth-order valence-electron chi connectivity index (χ4n) is 4.38. The van der Waals surface area contributed by atoms with Crippen LogP contribution in [0.5, 0.6) is 0 Å². The highest BCUT2D eigenvalue weighted by molar-refractivity contribution is 5.94. The van der Waals surface area contributed by atoms with Gasteiger partial charge in [-0.1, -0.05) is 17.9 Å². The van der Waals surface area contributed by atoms with E-state index in [1.165, 1.54) is 0 Å². The van der Waals surface area contributed by atoms with Crippen molar-refractivity contribution < 1.29 is 4.79 Å². The molecule has 0 radical (unpaired) electrons. The summed E-state index contributed by atoms with van der Waals surface area (Å²) in [4.78, 5) is 14.3. The molecule has 164 valence electrons. The van der Waals surface area contributed by atoms with Gasteiger partial charge >= 0.3 is 0 Å². The van der Waals surface area contributed by atoms with E-state index in [0.717, 1.165) is 40.2 Å². The summed E-state index contributed by atoms with van der Waals surface area (Å²) in [6, 6.07) is 16.6. The predicted molar refractivity (Wildman–Crippen MR) is 129 cm³/mol. The first-order valence-electron chi connectivity index (χ1n) is 11.0. The predicted octanol–water partition coefficient (Wildman–Crippen LogP) is 4.09. The first-order chi connectivity index (χ1) is 15.5. The van der Waals surface area contributed by atoms with Crippen molar-refractivity contribution in [3.63, 3.8) is 0 Å². The van der Waals surface area contributed by atoms with Gasteiger partial charge in [0.25, 0.3) is 0 Å². The number of hydrogen-bond acceptors (Lipinski definition) is 4. The largest absolute Gasteiger partial charge is 0.378 e. The van der Waals surface area contributed by atoms with E-state index in [2.05, 4.69) is 59.5 Å². The van der Waals surface area contributed by atoms with Crippen LogP contribution in [-0.2, 0) is 11.8 Å². The van der Waals surface area contributed by atoms with E-state index in [1.54, 1.807) is 13.1 Å². The Labute approximate surface area is 189 Å². The Bertz CT molecular complexity index is 1170. The molecule has 0 unspecified atom stereocenters. The molecule has 0 saturated heterocycles. The fraction of sp³-hybridized carbons (Fsp3) is 0.308. The summed E-state index contributed by atoms with van der Waals surface area (Å²) in [5, 5.41) is 7.98. The Hall–Kier alpha value is -3.56. The van der Waals surface area contributed by atoms with Gasteiger partial charge < -0.3 is 16.0 Å². The molecule has 6 heteroatoms. The Morgan fingerprint density at radius 3 is 2.66 bits per heavy atom. The Morgan fingerprint density at radius 1 is 1.22 bits per heavy atom. The third-order valence-electron chi connectivity index (χ3n) is 5.86. The van der Waals surface area contributed by atoms with E-state index in [4.69, 9.17) is 5.73 Å². The highest BCUT2D eigenvalue weighted by atomic mass is 16.2. The maximum Gasteiger partial charge on any atom is 0.224 e. The van der Waals surface area contributed by atoms with E-state index in [1.807, 2.05) is 34.8 Å². The average molecular weight is 428 g/mol. The monoisotopic (exact) mass is 427 g/mol. The molecule has 0 saturated carbocycles. The Kier molecular flexibility index (Phi) is 6.29. The first-order valence-corrected chi connectivity index (χ1v) is 11.0. The second-order valence-electron chi connectivity index (χ2n) is 8.20. The van der Waals surface area contributed by atoms with Gasteiger partial charge in [-0.3, -0.25) is 9.48 Å². The van der Waals surface area contributed by atoms with Crippen LogP contribution in [0.25, 0.3) is 11.3 Å². The maximum atomic E-state index is 12.4. The Morgan fingerprint density at radius 2 is 2.00 bits per heavy atom. The van der Waals surface area contributed by atoms with Crippen LogP contribution in [0.2, 0.25) is 0 Å². The third kappa shape index (κ3) is 4.39. The van der Waals surface area contributed by atoms with Gasteiger partial charge in [-0.05, 0) is 61.4 Å². The number of anilines is 2. The van der Waals surface area contributed by atoms with Crippen molar-refractivity contribution in [3.05, 3.63) is 65.9 Å². The van der Waals surface area contributed by atoms with Crippen LogP contribution in [0.3, 0.4) is 0 Å². The highest BCUT2D eigenvalue weighted by Gasteiger charge is 2.32. The molecular weight excluding hydrogens is 398 g/mol. The van der Waals surface area contributed by atoms with Gasteiger partial charge in [0.15, 0.2) is 0 Å². The van der Waals surface area contributed by atoms with Crippen molar-refractivity contribution in [3.8, 4) is 23.1 Å². The van der Waals surface area contributed by atoms with E-state index >= 15 is 0 Å². The molecule has 3 aromatic rings. The minimum absolute atomic E-state index is 0.0610. The zero-order valence-electron chi connectivity index (χ0n) is 18.8. The highest BCUT2D eigenvalue weighted by Crippen LogP contribution is 2.41. The number of rotatable bonds is 4. The number of aromatic nitrogens is 2. The number of aryl methyl sites for hydroxylation is 1. The number of carbonyl (C=O) groups excluding carboxylic acids is 1. The molecule has 2 atom stereocenters. The fourth-order valence-corrected chi connectivity index (χ4v) is 4.38. The van der Waals surface area contributed by atoms with Crippen LogP contribution < -0.4 is 16.0 Å². The number of nitrogens with zero attached hydrogens (tertiary/aromatic N) is 3. The summed E-state index contributed by atoms with van der Waals surface area (Å²) < 4.78 is 1.86. The van der Waals surface area contributed by atoms with Crippen molar-refractivity contribution in [1.29, 1.82) is 0 Å². The van der Waals surface area contributed by atoms with Crippen LogP contribution in [0, 0.1) is 11.8 Å². The summed E-state index contributed by atoms with van der Waals surface area (Å²) in [6.45, 7) is 4.31. The third-order valence-corrected chi connectivity index (χ3v) is 5.86. The smallest absolute Gasteiger partial charge is 0.224 e. The number of carbonyl (C=O) groups is 1. The summed E-state index contributed by atoms with van der Waals surface area (Å²) in [6.07, 6.45) is 3.31. The quantitative estimate of drug-likeness (QED) is 0.615. The van der Waals surface area contributed by atoms with Crippen molar-refractivity contribution in [1.82, 2.24) is 9.78 Å². The second kappa shape index (κ2) is 9.29. The van der Waals surface area contributed by atoms with E-state index < -0.39 is 0 Å². The summed E-state index contributed by atoms with van der Waals surface area (Å²) in [5.74, 6) is 6.27. The molecule has 6 nitrogen and oxygen atoms in total.